The zero-order valence-corrected chi connectivity index (χ0v) is 13.5. The molecule has 98 valence electrons. The minimum absolute atomic E-state index is 0.125. The van der Waals surface area contributed by atoms with E-state index in [1.165, 1.54) is 19.8 Å². The summed E-state index contributed by atoms with van der Waals surface area (Å²) in [6.07, 6.45) is 3.95. The van der Waals surface area contributed by atoms with Gasteiger partial charge in [0.1, 0.15) is 0 Å². The molecule has 0 fully saturated rings. The molecular weight excluding hydrogens is 260 g/mol. The van der Waals surface area contributed by atoms with Crippen molar-refractivity contribution >= 4 is 22.7 Å². The molecule has 0 unspecified atom stereocenters. The van der Waals surface area contributed by atoms with Gasteiger partial charge in [-0.1, -0.05) is 41.5 Å². The highest BCUT2D eigenvalue weighted by atomic mass is 32.1. The van der Waals surface area contributed by atoms with Gasteiger partial charge < -0.3 is 0 Å². The Morgan fingerprint density at radius 3 is 1.28 bits per heavy atom. The van der Waals surface area contributed by atoms with E-state index >= 15 is 0 Å². The number of thiazole rings is 2. The van der Waals surface area contributed by atoms with Crippen LogP contribution in [0.25, 0.3) is 9.75 Å². The van der Waals surface area contributed by atoms with Crippen molar-refractivity contribution < 1.29 is 0 Å². The van der Waals surface area contributed by atoms with Crippen molar-refractivity contribution in [3.8, 4) is 9.75 Å². The Labute approximate surface area is 117 Å². The monoisotopic (exact) mass is 280 g/mol. The Hall–Kier alpha value is -0.740. The van der Waals surface area contributed by atoms with Crippen LogP contribution in [0.1, 0.15) is 51.6 Å². The lowest BCUT2D eigenvalue weighted by Crippen LogP contribution is -2.09. The second-order valence-corrected chi connectivity index (χ2v) is 8.62. The summed E-state index contributed by atoms with van der Waals surface area (Å²) in [5.41, 5.74) is 0.251. The van der Waals surface area contributed by atoms with Crippen molar-refractivity contribution in [2.45, 2.75) is 52.4 Å². The standard InChI is InChI=1S/C14H20N2S2/c1-13(2,3)11-15-7-9(17-11)10-8-16-12(18-10)14(4,5)6/h7-8H,1-6H3. The van der Waals surface area contributed by atoms with E-state index < -0.39 is 0 Å². The maximum absolute atomic E-state index is 4.53. The lowest BCUT2D eigenvalue weighted by Gasteiger charge is -2.13. The molecule has 0 radical (unpaired) electrons. The zero-order valence-electron chi connectivity index (χ0n) is 11.9. The van der Waals surface area contributed by atoms with Crippen LogP contribution in [0.15, 0.2) is 12.4 Å². The normalized spacial score (nSPS) is 13.0. The molecule has 18 heavy (non-hydrogen) atoms. The van der Waals surface area contributed by atoms with Crippen molar-refractivity contribution in [1.82, 2.24) is 9.97 Å². The van der Waals surface area contributed by atoms with Gasteiger partial charge in [0.2, 0.25) is 0 Å². The fourth-order valence-corrected chi connectivity index (χ4v) is 3.48. The number of hydrogen-bond donors (Lipinski definition) is 0. The van der Waals surface area contributed by atoms with Crippen LogP contribution >= 0.6 is 22.7 Å². The molecule has 0 amide bonds. The molecule has 2 aromatic heterocycles. The van der Waals surface area contributed by atoms with Crippen LogP contribution in [0.5, 0.6) is 0 Å². The van der Waals surface area contributed by atoms with Gasteiger partial charge in [0.15, 0.2) is 0 Å². The van der Waals surface area contributed by atoms with Crippen LogP contribution in [-0.2, 0) is 10.8 Å². The van der Waals surface area contributed by atoms with Gasteiger partial charge in [0.25, 0.3) is 0 Å². The predicted octanol–water partition coefficient (Wildman–Crippen LogP) is 4.86. The topological polar surface area (TPSA) is 25.8 Å². The van der Waals surface area contributed by atoms with E-state index in [1.807, 2.05) is 12.4 Å². The highest BCUT2D eigenvalue weighted by molar-refractivity contribution is 7.21. The van der Waals surface area contributed by atoms with Crippen LogP contribution in [0.2, 0.25) is 0 Å². The van der Waals surface area contributed by atoms with E-state index in [1.54, 1.807) is 22.7 Å². The van der Waals surface area contributed by atoms with Gasteiger partial charge in [-0.3, -0.25) is 0 Å². The minimum atomic E-state index is 0.125. The maximum Gasteiger partial charge on any atom is 0.0985 e. The van der Waals surface area contributed by atoms with E-state index in [2.05, 4.69) is 51.5 Å². The molecule has 0 saturated heterocycles. The molecule has 0 aliphatic heterocycles. The molecule has 0 aromatic carbocycles. The molecule has 0 saturated carbocycles. The smallest absolute Gasteiger partial charge is 0.0985 e. The van der Waals surface area contributed by atoms with E-state index in [9.17, 15) is 0 Å². The third-order valence-electron chi connectivity index (χ3n) is 2.54. The molecule has 0 spiro atoms. The highest BCUT2D eigenvalue weighted by Gasteiger charge is 2.21. The Kier molecular flexibility index (Phi) is 3.36. The first-order chi connectivity index (χ1) is 8.18. The van der Waals surface area contributed by atoms with E-state index in [-0.39, 0.29) is 10.8 Å². The summed E-state index contributed by atoms with van der Waals surface area (Å²) in [6.45, 7) is 13.2. The van der Waals surface area contributed by atoms with Gasteiger partial charge in [0, 0.05) is 23.2 Å². The van der Waals surface area contributed by atoms with Gasteiger partial charge in [-0.25, -0.2) is 9.97 Å². The number of hydrogen-bond acceptors (Lipinski definition) is 4. The van der Waals surface area contributed by atoms with E-state index in [0.29, 0.717) is 0 Å². The third kappa shape index (κ3) is 2.81. The van der Waals surface area contributed by atoms with Gasteiger partial charge in [-0.2, -0.15) is 0 Å². The average Bonchev–Trinajstić information content (AvgIpc) is 2.84. The first kappa shape index (κ1) is 13.7. The second kappa shape index (κ2) is 4.42. The Bertz CT molecular complexity index is 488. The number of aromatic nitrogens is 2. The summed E-state index contributed by atoms with van der Waals surface area (Å²) < 4.78 is 0. The summed E-state index contributed by atoms with van der Waals surface area (Å²) in [7, 11) is 0. The van der Waals surface area contributed by atoms with Crippen molar-refractivity contribution in [1.29, 1.82) is 0 Å². The van der Waals surface area contributed by atoms with Crippen molar-refractivity contribution in [2.24, 2.45) is 0 Å². The van der Waals surface area contributed by atoms with Crippen LogP contribution < -0.4 is 0 Å². The first-order valence-corrected chi connectivity index (χ1v) is 7.74. The molecule has 2 heterocycles. The molecule has 2 rings (SSSR count). The predicted molar refractivity (Wildman–Crippen MR) is 80.6 cm³/mol. The van der Waals surface area contributed by atoms with Gasteiger partial charge >= 0.3 is 0 Å². The van der Waals surface area contributed by atoms with Crippen LogP contribution in [0.4, 0.5) is 0 Å². The fraction of sp³-hybridized carbons (Fsp3) is 0.571. The summed E-state index contributed by atoms with van der Waals surface area (Å²) in [4.78, 5) is 11.5. The zero-order chi connectivity index (χ0) is 13.6. The Balaban J connectivity index is 2.33. The Morgan fingerprint density at radius 2 is 1.06 bits per heavy atom. The number of nitrogens with zero attached hydrogens (tertiary/aromatic N) is 2. The largest absolute Gasteiger partial charge is 0.248 e. The van der Waals surface area contributed by atoms with Crippen molar-refractivity contribution in [2.75, 3.05) is 0 Å². The van der Waals surface area contributed by atoms with E-state index in [4.69, 9.17) is 0 Å². The van der Waals surface area contributed by atoms with Crippen LogP contribution in [0, 0.1) is 0 Å². The molecule has 2 nitrogen and oxygen atoms in total. The summed E-state index contributed by atoms with van der Waals surface area (Å²) in [5.74, 6) is 0. The Morgan fingerprint density at radius 1 is 0.722 bits per heavy atom. The van der Waals surface area contributed by atoms with Gasteiger partial charge in [0.05, 0.1) is 19.8 Å². The average molecular weight is 280 g/mol. The van der Waals surface area contributed by atoms with E-state index in [0.717, 1.165) is 0 Å². The third-order valence-corrected chi connectivity index (χ3v) is 5.58. The molecule has 2 aromatic rings. The molecular formula is C14H20N2S2. The van der Waals surface area contributed by atoms with Crippen molar-refractivity contribution in [3.63, 3.8) is 0 Å². The van der Waals surface area contributed by atoms with Gasteiger partial charge in [-0.05, 0) is 0 Å². The lowest BCUT2D eigenvalue weighted by atomic mass is 9.98. The quantitative estimate of drug-likeness (QED) is 0.745. The molecule has 0 bridgehead atoms. The first-order valence-electron chi connectivity index (χ1n) is 6.11. The highest BCUT2D eigenvalue weighted by Crippen LogP contribution is 2.37. The second-order valence-electron chi connectivity index (χ2n) is 6.56. The molecule has 0 N–H and O–H groups in total. The maximum atomic E-state index is 4.53. The minimum Gasteiger partial charge on any atom is -0.248 e. The van der Waals surface area contributed by atoms with Crippen LogP contribution in [-0.4, -0.2) is 9.97 Å². The SMILES string of the molecule is CC(C)(C)c1ncc(-c2cnc(C(C)(C)C)s2)s1. The van der Waals surface area contributed by atoms with Crippen molar-refractivity contribution in [3.05, 3.63) is 22.4 Å². The molecule has 0 aliphatic carbocycles. The van der Waals surface area contributed by atoms with Gasteiger partial charge in [-0.15, -0.1) is 22.7 Å². The van der Waals surface area contributed by atoms with Crippen LogP contribution in [0.3, 0.4) is 0 Å². The molecule has 4 heteroatoms. The summed E-state index contributed by atoms with van der Waals surface area (Å²) in [6, 6.07) is 0. The molecule has 0 aliphatic rings. The molecule has 0 atom stereocenters. The summed E-state index contributed by atoms with van der Waals surface area (Å²) in [5, 5.41) is 2.37. The lowest BCUT2D eigenvalue weighted by molar-refractivity contribution is 0.585. The fourth-order valence-electron chi connectivity index (χ4n) is 1.47. The summed E-state index contributed by atoms with van der Waals surface area (Å²) >= 11 is 3.55. The number of rotatable bonds is 1.